The van der Waals surface area contributed by atoms with Gasteiger partial charge in [0.1, 0.15) is 0 Å². The van der Waals surface area contributed by atoms with Crippen LogP contribution in [-0.4, -0.2) is 9.97 Å². The largest absolute Gasteiger partial charge is 0.228 e. The summed E-state index contributed by atoms with van der Waals surface area (Å²) in [7, 11) is 0. The highest BCUT2D eigenvalue weighted by molar-refractivity contribution is 6.08. The number of aromatic nitrogens is 2. The Morgan fingerprint density at radius 2 is 0.839 bits per heavy atom. The number of fused-ring (bicyclic) bond motifs is 8. The van der Waals surface area contributed by atoms with Gasteiger partial charge in [-0.3, -0.25) is 0 Å². The molecule has 0 atom stereocenters. The van der Waals surface area contributed by atoms with Crippen molar-refractivity contribution >= 4 is 21.5 Å². The third kappa shape index (κ3) is 5.36. The number of rotatable bonds is 5. The van der Waals surface area contributed by atoms with Gasteiger partial charge in [-0.1, -0.05) is 204 Å². The molecule has 2 nitrogen and oxygen atoms in total. The third-order valence-corrected chi connectivity index (χ3v) is 13.9. The summed E-state index contributed by atoms with van der Waals surface area (Å²) in [5, 5.41) is 4.86. The fourth-order valence-corrected chi connectivity index (χ4v) is 10.9. The number of benzene rings is 9. The second-order valence-corrected chi connectivity index (χ2v) is 18.1. The Kier molecular flexibility index (Phi) is 7.96. The molecule has 0 spiro atoms. The molecule has 0 aliphatic heterocycles. The van der Waals surface area contributed by atoms with Crippen molar-refractivity contribution in [2.75, 3.05) is 0 Å². The smallest absolute Gasteiger partial charge is 0.160 e. The van der Waals surface area contributed by atoms with E-state index in [4.69, 9.17) is 9.97 Å². The van der Waals surface area contributed by atoms with Crippen LogP contribution >= 0.6 is 0 Å². The van der Waals surface area contributed by atoms with Gasteiger partial charge in [-0.25, -0.2) is 9.97 Å². The van der Waals surface area contributed by atoms with Gasteiger partial charge in [0.25, 0.3) is 0 Å². The van der Waals surface area contributed by atoms with E-state index in [9.17, 15) is 0 Å². The summed E-state index contributed by atoms with van der Waals surface area (Å²) in [5.41, 5.74) is 20.3. The molecule has 62 heavy (non-hydrogen) atoms. The number of nitrogens with zero attached hydrogens (tertiary/aromatic N) is 2. The van der Waals surface area contributed by atoms with Crippen LogP contribution in [0.15, 0.2) is 194 Å². The zero-order valence-corrected chi connectivity index (χ0v) is 35.4. The molecule has 10 aromatic rings. The molecule has 0 amide bonds. The minimum atomic E-state index is -0.162. The summed E-state index contributed by atoms with van der Waals surface area (Å²) in [5.74, 6) is 0.715. The summed E-state index contributed by atoms with van der Waals surface area (Å²) in [6, 6.07) is 71.0. The van der Waals surface area contributed by atoms with E-state index < -0.39 is 0 Å². The van der Waals surface area contributed by atoms with Crippen molar-refractivity contribution in [3.8, 4) is 78.4 Å². The first-order valence-corrected chi connectivity index (χ1v) is 21.7. The monoisotopic (exact) mass is 792 g/mol. The summed E-state index contributed by atoms with van der Waals surface area (Å²) < 4.78 is 0. The normalized spacial score (nSPS) is 14.1. The fraction of sp³-hybridized carbons (Fsp3) is 0.100. The molecular weight excluding hydrogens is 749 g/mol. The Hall–Kier alpha value is -7.42. The standard InChI is InChI=1S/C60H44N2/c1-59(2)52-31-17-29-49(56(52)50-34-38-20-8-9-21-39(38)35-53(50)59)55-36-54(61-58(62-55)37-18-6-5-7-19-37)46-33-32-44(40-22-10-12-24-42(40)46)41-23-11-13-25-43(41)47-27-16-28-48-45-26-14-15-30-51(45)60(3,4)57(47)48/h5-36H,1-4H3. The maximum atomic E-state index is 5.39. The molecular formula is C60H44N2. The summed E-state index contributed by atoms with van der Waals surface area (Å²) in [4.78, 5) is 10.8. The van der Waals surface area contributed by atoms with Gasteiger partial charge in [0.2, 0.25) is 0 Å². The Morgan fingerprint density at radius 3 is 1.60 bits per heavy atom. The highest BCUT2D eigenvalue weighted by Gasteiger charge is 2.39. The van der Waals surface area contributed by atoms with Crippen LogP contribution in [0.4, 0.5) is 0 Å². The van der Waals surface area contributed by atoms with Crippen LogP contribution in [0.2, 0.25) is 0 Å². The lowest BCUT2D eigenvalue weighted by molar-refractivity contribution is 0.661. The predicted octanol–water partition coefficient (Wildman–Crippen LogP) is 15.7. The fourth-order valence-electron chi connectivity index (χ4n) is 10.9. The van der Waals surface area contributed by atoms with E-state index in [-0.39, 0.29) is 10.8 Å². The first-order valence-electron chi connectivity index (χ1n) is 21.7. The lowest BCUT2D eigenvalue weighted by Gasteiger charge is -2.25. The van der Waals surface area contributed by atoms with Gasteiger partial charge in [-0.15, -0.1) is 0 Å². The highest BCUT2D eigenvalue weighted by atomic mass is 14.9. The van der Waals surface area contributed by atoms with Crippen LogP contribution in [0, 0.1) is 0 Å². The van der Waals surface area contributed by atoms with Crippen LogP contribution < -0.4 is 0 Å². The summed E-state index contributed by atoms with van der Waals surface area (Å²) in [6.07, 6.45) is 0. The molecule has 294 valence electrons. The SMILES string of the molecule is CC1(C)c2cc3ccccc3cc2-c2c(-c3cc(-c4ccc(-c5ccccc5-c5cccc6c5C(C)(C)c5ccccc5-6)c5ccccc45)nc(-c4ccccc4)n3)cccc21. The van der Waals surface area contributed by atoms with E-state index in [0.717, 1.165) is 33.5 Å². The van der Waals surface area contributed by atoms with Gasteiger partial charge >= 0.3 is 0 Å². The van der Waals surface area contributed by atoms with E-state index in [1.165, 1.54) is 82.9 Å². The van der Waals surface area contributed by atoms with Crippen LogP contribution in [0.5, 0.6) is 0 Å². The topological polar surface area (TPSA) is 25.8 Å². The van der Waals surface area contributed by atoms with Crippen LogP contribution in [0.25, 0.3) is 100.0 Å². The molecule has 0 bridgehead atoms. The van der Waals surface area contributed by atoms with Gasteiger partial charge in [0, 0.05) is 27.5 Å². The van der Waals surface area contributed by atoms with Crippen LogP contribution in [0.1, 0.15) is 49.9 Å². The highest BCUT2D eigenvalue weighted by Crippen LogP contribution is 2.55. The van der Waals surface area contributed by atoms with Gasteiger partial charge < -0.3 is 0 Å². The molecule has 0 N–H and O–H groups in total. The number of hydrogen-bond acceptors (Lipinski definition) is 2. The van der Waals surface area contributed by atoms with E-state index in [1.807, 2.05) is 0 Å². The van der Waals surface area contributed by atoms with E-state index in [1.54, 1.807) is 0 Å². The van der Waals surface area contributed by atoms with E-state index in [0.29, 0.717) is 5.82 Å². The second-order valence-electron chi connectivity index (χ2n) is 18.1. The molecule has 2 aliphatic carbocycles. The van der Waals surface area contributed by atoms with Gasteiger partial charge in [-0.2, -0.15) is 0 Å². The minimum Gasteiger partial charge on any atom is -0.228 e. The van der Waals surface area contributed by atoms with Gasteiger partial charge in [-0.05, 0) is 107 Å². The first-order chi connectivity index (χ1) is 30.3. The number of hydrogen-bond donors (Lipinski definition) is 0. The average Bonchev–Trinajstić information content (AvgIpc) is 3.69. The Bertz CT molecular complexity index is 3460. The quantitative estimate of drug-likeness (QED) is 0.173. The Morgan fingerprint density at radius 1 is 0.323 bits per heavy atom. The van der Waals surface area contributed by atoms with E-state index >= 15 is 0 Å². The molecule has 0 radical (unpaired) electrons. The van der Waals surface area contributed by atoms with Crippen molar-refractivity contribution in [2.24, 2.45) is 0 Å². The molecule has 9 aromatic carbocycles. The Labute approximate surface area is 363 Å². The lowest BCUT2D eigenvalue weighted by Crippen LogP contribution is -2.16. The van der Waals surface area contributed by atoms with Gasteiger partial charge in [0.05, 0.1) is 11.4 Å². The summed E-state index contributed by atoms with van der Waals surface area (Å²) in [6.45, 7) is 9.46. The molecule has 0 saturated heterocycles. The minimum absolute atomic E-state index is 0.132. The van der Waals surface area contributed by atoms with Crippen molar-refractivity contribution in [3.63, 3.8) is 0 Å². The van der Waals surface area contributed by atoms with Crippen molar-refractivity contribution < 1.29 is 0 Å². The lowest BCUT2D eigenvalue weighted by atomic mass is 9.77. The van der Waals surface area contributed by atoms with Crippen LogP contribution in [-0.2, 0) is 10.8 Å². The van der Waals surface area contributed by atoms with E-state index in [2.05, 4.69) is 222 Å². The molecule has 0 saturated carbocycles. The molecule has 2 heteroatoms. The van der Waals surface area contributed by atoms with Crippen molar-refractivity contribution in [3.05, 3.63) is 216 Å². The molecule has 1 aromatic heterocycles. The Balaban J connectivity index is 1.05. The maximum absolute atomic E-state index is 5.39. The van der Waals surface area contributed by atoms with Crippen LogP contribution in [0.3, 0.4) is 0 Å². The maximum Gasteiger partial charge on any atom is 0.160 e. The molecule has 0 fully saturated rings. The van der Waals surface area contributed by atoms with Crippen molar-refractivity contribution in [1.82, 2.24) is 9.97 Å². The van der Waals surface area contributed by atoms with Gasteiger partial charge in [0.15, 0.2) is 5.82 Å². The molecule has 0 unspecified atom stereocenters. The third-order valence-electron chi connectivity index (χ3n) is 13.9. The molecule has 12 rings (SSSR count). The molecule has 2 aliphatic rings. The zero-order valence-electron chi connectivity index (χ0n) is 35.4. The zero-order chi connectivity index (χ0) is 41.7. The molecule has 1 heterocycles. The first kappa shape index (κ1) is 36.4. The second kappa shape index (κ2) is 13.5. The summed E-state index contributed by atoms with van der Waals surface area (Å²) >= 11 is 0. The van der Waals surface area contributed by atoms with Crippen molar-refractivity contribution in [1.29, 1.82) is 0 Å². The average molecular weight is 793 g/mol. The predicted molar refractivity (Wildman–Crippen MR) is 259 cm³/mol. The van der Waals surface area contributed by atoms with Crippen molar-refractivity contribution in [2.45, 2.75) is 38.5 Å².